The van der Waals surface area contributed by atoms with Gasteiger partial charge in [0.1, 0.15) is 11.9 Å². The number of carboxylic acid groups (broad SMARTS) is 1. The first-order chi connectivity index (χ1) is 12.5. The van der Waals surface area contributed by atoms with Gasteiger partial charge < -0.3 is 21.5 Å². The van der Waals surface area contributed by atoms with E-state index < -0.39 is 40.4 Å². The molecule has 1 atom stereocenters. The van der Waals surface area contributed by atoms with Crippen LogP contribution in [-0.2, 0) is 19.6 Å². The van der Waals surface area contributed by atoms with Gasteiger partial charge in [0.05, 0.1) is 6.26 Å². The molecule has 1 aromatic carbocycles. The third kappa shape index (κ3) is 8.29. The highest BCUT2D eigenvalue weighted by Gasteiger charge is 2.21. The van der Waals surface area contributed by atoms with E-state index in [2.05, 4.69) is 10.6 Å². The van der Waals surface area contributed by atoms with Crippen LogP contribution in [0.3, 0.4) is 0 Å². The number of rotatable bonds is 10. The third-order valence-electron chi connectivity index (χ3n) is 3.25. The largest absolute Gasteiger partial charge is 0.480 e. The number of nitrogens with one attached hydrogen (secondary N) is 4. The number of carbonyl (C=O) groups is 3. The summed E-state index contributed by atoms with van der Waals surface area (Å²) in [5.74, 6) is -2.53. The van der Waals surface area contributed by atoms with Gasteiger partial charge in [-0.2, -0.15) is 4.72 Å². The third-order valence-corrected chi connectivity index (χ3v) is 3.97. The van der Waals surface area contributed by atoms with Crippen molar-refractivity contribution in [2.45, 2.75) is 12.5 Å². The molecule has 1 aromatic rings. The van der Waals surface area contributed by atoms with Crippen LogP contribution in [0, 0.1) is 5.41 Å². The van der Waals surface area contributed by atoms with Gasteiger partial charge >= 0.3 is 5.97 Å². The van der Waals surface area contributed by atoms with Crippen molar-refractivity contribution in [3.8, 4) is 0 Å². The van der Waals surface area contributed by atoms with Crippen LogP contribution in [0.5, 0.6) is 0 Å². The fourth-order valence-electron chi connectivity index (χ4n) is 1.93. The molecule has 12 heteroatoms. The van der Waals surface area contributed by atoms with Gasteiger partial charge in [-0.1, -0.05) is 12.1 Å². The van der Waals surface area contributed by atoms with E-state index in [1.807, 2.05) is 4.72 Å². The standard InChI is InChI=1S/C15H21N5O6S/c1-27(25,26)20-11(15(23)24)8-19-12(21)6-7-18-14(22)10-4-2-9(3-5-10)13(16)17/h2-5,11,20H,6-8H2,1H3,(H3,16,17)(H,18,22)(H,19,21)(H,23,24). The summed E-state index contributed by atoms with van der Waals surface area (Å²) >= 11 is 0. The average molecular weight is 399 g/mol. The van der Waals surface area contributed by atoms with Gasteiger partial charge in [-0.25, -0.2) is 8.42 Å². The van der Waals surface area contributed by atoms with Crippen LogP contribution in [0.25, 0.3) is 0 Å². The number of amides is 2. The predicted molar refractivity (Wildman–Crippen MR) is 96.8 cm³/mol. The number of sulfonamides is 1. The van der Waals surface area contributed by atoms with Crippen molar-refractivity contribution in [3.63, 3.8) is 0 Å². The van der Waals surface area contributed by atoms with Crippen molar-refractivity contribution >= 4 is 33.6 Å². The second kappa shape index (κ2) is 9.64. The molecule has 148 valence electrons. The van der Waals surface area contributed by atoms with E-state index in [0.29, 0.717) is 11.1 Å². The molecule has 2 amide bonds. The van der Waals surface area contributed by atoms with E-state index in [9.17, 15) is 22.8 Å². The van der Waals surface area contributed by atoms with Gasteiger partial charge in [0.25, 0.3) is 5.91 Å². The highest BCUT2D eigenvalue weighted by Crippen LogP contribution is 2.03. The van der Waals surface area contributed by atoms with Gasteiger partial charge in [0.15, 0.2) is 0 Å². The molecular formula is C15H21N5O6S. The number of carboxylic acids is 1. The Bertz CT molecular complexity index is 822. The Morgan fingerprint density at radius 3 is 2.19 bits per heavy atom. The minimum absolute atomic E-state index is 0.00360. The number of nitrogen functional groups attached to an aromatic ring is 1. The van der Waals surface area contributed by atoms with Gasteiger partial charge in [-0.15, -0.1) is 0 Å². The van der Waals surface area contributed by atoms with Crippen molar-refractivity contribution in [3.05, 3.63) is 35.4 Å². The SMILES string of the molecule is CS(=O)(=O)NC(CNC(=O)CCNC(=O)c1ccc(C(=N)N)cc1)C(=O)O. The lowest BCUT2D eigenvalue weighted by Gasteiger charge is -2.14. The smallest absolute Gasteiger partial charge is 0.323 e. The lowest BCUT2D eigenvalue weighted by Crippen LogP contribution is -2.48. The van der Waals surface area contributed by atoms with Crippen LogP contribution in [-0.4, -0.2) is 62.5 Å². The van der Waals surface area contributed by atoms with Gasteiger partial charge in [0.2, 0.25) is 15.9 Å². The quantitative estimate of drug-likeness (QED) is 0.197. The van der Waals surface area contributed by atoms with Gasteiger partial charge in [-0.05, 0) is 12.1 Å². The zero-order valence-electron chi connectivity index (χ0n) is 14.5. The summed E-state index contributed by atoms with van der Waals surface area (Å²) in [5.41, 5.74) is 6.12. The predicted octanol–water partition coefficient (Wildman–Crippen LogP) is -1.79. The molecule has 0 radical (unpaired) electrons. The van der Waals surface area contributed by atoms with Crippen LogP contribution < -0.4 is 21.1 Å². The highest BCUT2D eigenvalue weighted by molar-refractivity contribution is 7.88. The van der Waals surface area contributed by atoms with E-state index in [-0.39, 0.29) is 18.8 Å². The van der Waals surface area contributed by atoms with Crippen LogP contribution >= 0.6 is 0 Å². The topological polar surface area (TPSA) is 192 Å². The lowest BCUT2D eigenvalue weighted by atomic mass is 10.1. The molecule has 0 aromatic heterocycles. The molecule has 27 heavy (non-hydrogen) atoms. The molecule has 0 saturated carbocycles. The Morgan fingerprint density at radius 2 is 1.70 bits per heavy atom. The molecule has 0 saturated heterocycles. The Balaban J connectivity index is 2.42. The monoisotopic (exact) mass is 399 g/mol. The summed E-state index contributed by atoms with van der Waals surface area (Å²) in [7, 11) is -3.74. The van der Waals surface area contributed by atoms with Crippen LogP contribution in [0.1, 0.15) is 22.3 Å². The van der Waals surface area contributed by atoms with Crippen molar-refractivity contribution in [2.75, 3.05) is 19.3 Å². The Labute approximate surface area is 155 Å². The van der Waals surface area contributed by atoms with Gasteiger partial charge in [-0.3, -0.25) is 19.8 Å². The summed E-state index contributed by atoms with van der Waals surface area (Å²) in [6.45, 7) is -0.432. The Morgan fingerprint density at radius 1 is 1.15 bits per heavy atom. The van der Waals surface area contributed by atoms with Crippen molar-refractivity contribution in [1.29, 1.82) is 5.41 Å². The maximum Gasteiger partial charge on any atom is 0.323 e. The number of benzene rings is 1. The highest BCUT2D eigenvalue weighted by atomic mass is 32.2. The second-order valence-corrected chi connectivity index (χ2v) is 7.36. The van der Waals surface area contributed by atoms with E-state index in [0.717, 1.165) is 6.26 Å². The zero-order valence-corrected chi connectivity index (χ0v) is 15.3. The number of carbonyl (C=O) groups excluding carboxylic acids is 2. The summed E-state index contributed by atoms with van der Waals surface area (Å²) in [4.78, 5) is 34.6. The van der Waals surface area contributed by atoms with E-state index in [1.165, 1.54) is 24.3 Å². The van der Waals surface area contributed by atoms with E-state index >= 15 is 0 Å². The maximum atomic E-state index is 11.9. The summed E-state index contributed by atoms with van der Waals surface area (Å²) < 4.78 is 24.0. The Hall–Kier alpha value is -2.99. The van der Waals surface area contributed by atoms with Crippen molar-refractivity contribution < 1.29 is 27.9 Å². The number of hydrogen-bond acceptors (Lipinski definition) is 6. The minimum Gasteiger partial charge on any atom is -0.480 e. The molecule has 0 fully saturated rings. The molecule has 0 bridgehead atoms. The fraction of sp³-hybridized carbons (Fsp3) is 0.333. The molecular weight excluding hydrogens is 378 g/mol. The van der Waals surface area contributed by atoms with Crippen molar-refractivity contribution in [2.24, 2.45) is 5.73 Å². The molecule has 0 aliphatic heterocycles. The van der Waals surface area contributed by atoms with Crippen LogP contribution in [0.15, 0.2) is 24.3 Å². The molecule has 1 unspecified atom stereocenters. The normalized spacial score (nSPS) is 12.0. The molecule has 0 aliphatic rings. The first-order valence-corrected chi connectivity index (χ1v) is 9.58. The van der Waals surface area contributed by atoms with E-state index in [1.54, 1.807) is 0 Å². The second-order valence-electron chi connectivity index (χ2n) is 5.58. The van der Waals surface area contributed by atoms with Gasteiger partial charge in [0, 0.05) is 30.6 Å². The summed E-state index contributed by atoms with van der Waals surface area (Å²) in [6.07, 6.45) is 0.686. The van der Waals surface area contributed by atoms with Crippen molar-refractivity contribution in [1.82, 2.24) is 15.4 Å². The van der Waals surface area contributed by atoms with Crippen LogP contribution in [0.2, 0.25) is 0 Å². The summed E-state index contributed by atoms with van der Waals surface area (Å²) in [5, 5.41) is 21.0. The average Bonchev–Trinajstić information content (AvgIpc) is 2.57. The maximum absolute atomic E-state index is 11.9. The first kappa shape index (κ1) is 22.1. The fourth-order valence-corrected chi connectivity index (χ4v) is 2.64. The molecule has 1 rings (SSSR count). The first-order valence-electron chi connectivity index (χ1n) is 7.69. The number of hydrogen-bond donors (Lipinski definition) is 6. The lowest BCUT2D eigenvalue weighted by molar-refractivity contribution is -0.138. The Kier molecular flexibility index (Phi) is 7.87. The number of aliphatic carboxylic acids is 1. The number of nitrogens with two attached hydrogens (primary N) is 1. The zero-order chi connectivity index (χ0) is 20.6. The van der Waals surface area contributed by atoms with Crippen LogP contribution in [0.4, 0.5) is 0 Å². The molecule has 11 nitrogen and oxygen atoms in total. The number of amidine groups is 1. The molecule has 0 spiro atoms. The molecule has 7 N–H and O–H groups in total. The summed E-state index contributed by atoms with van der Waals surface area (Å²) in [6, 6.07) is 4.52. The minimum atomic E-state index is -3.74. The molecule has 0 aliphatic carbocycles. The van der Waals surface area contributed by atoms with E-state index in [4.69, 9.17) is 16.2 Å². The molecule has 0 heterocycles.